The number of ketones is 1. The van der Waals surface area contributed by atoms with Crippen molar-refractivity contribution in [3.05, 3.63) is 29.3 Å². The molecule has 14 heavy (non-hydrogen) atoms. The van der Waals surface area contributed by atoms with Gasteiger partial charge in [-0.05, 0) is 13.0 Å². The summed E-state index contributed by atoms with van der Waals surface area (Å²) in [6.07, 6.45) is -0.758. The number of Topliss-reactive ketones (excluding diaryl/α,β-unsaturated/α-hetero) is 1. The van der Waals surface area contributed by atoms with Crippen molar-refractivity contribution in [3.63, 3.8) is 0 Å². The Morgan fingerprint density at radius 2 is 2.21 bits per heavy atom. The maximum Gasteiger partial charge on any atom is 0.514 e. The molecule has 0 aromatic heterocycles. The highest BCUT2D eigenvalue weighted by Crippen LogP contribution is 2.28. The number of hydrogen-bond donors (Lipinski definition) is 0. The molecule has 2 rings (SSSR count). The fourth-order valence-electron chi connectivity index (χ4n) is 1.35. The molecule has 0 fully saturated rings. The van der Waals surface area contributed by atoms with Crippen LogP contribution in [-0.2, 0) is 11.3 Å². The lowest BCUT2D eigenvalue weighted by Gasteiger charge is -2.17. The summed E-state index contributed by atoms with van der Waals surface area (Å²) < 4.78 is 9.51. The monoisotopic (exact) mass is 192 g/mol. The number of benzene rings is 1. The number of ether oxygens (including phenoxy) is 2. The molecule has 0 unspecified atom stereocenters. The number of rotatable bonds is 1. The lowest BCUT2D eigenvalue weighted by Crippen LogP contribution is -2.19. The second kappa shape index (κ2) is 3.14. The van der Waals surface area contributed by atoms with Crippen molar-refractivity contribution in [2.24, 2.45) is 0 Å². The molecule has 0 saturated carbocycles. The maximum atomic E-state index is 11.2. The summed E-state index contributed by atoms with van der Waals surface area (Å²) in [4.78, 5) is 22.0. The van der Waals surface area contributed by atoms with Crippen molar-refractivity contribution in [2.45, 2.75) is 13.5 Å². The topological polar surface area (TPSA) is 52.6 Å². The predicted molar refractivity (Wildman–Crippen MR) is 47.3 cm³/mol. The van der Waals surface area contributed by atoms with Crippen molar-refractivity contribution in [3.8, 4) is 5.75 Å². The molecule has 1 aromatic rings. The van der Waals surface area contributed by atoms with E-state index in [2.05, 4.69) is 4.74 Å². The van der Waals surface area contributed by atoms with Gasteiger partial charge in [0.05, 0.1) is 5.56 Å². The maximum absolute atomic E-state index is 11.2. The second-order valence-corrected chi connectivity index (χ2v) is 2.99. The molecule has 0 bridgehead atoms. The summed E-state index contributed by atoms with van der Waals surface area (Å²) >= 11 is 0. The molecule has 0 atom stereocenters. The molecule has 1 heterocycles. The largest absolute Gasteiger partial charge is 0.514 e. The summed E-state index contributed by atoms with van der Waals surface area (Å²) in [6, 6.07) is 5.12. The smallest absolute Gasteiger partial charge is 0.429 e. The number of carbonyl (C=O) groups is 2. The summed E-state index contributed by atoms with van der Waals surface area (Å²) in [5.41, 5.74) is 1.14. The van der Waals surface area contributed by atoms with Crippen LogP contribution in [-0.4, -0.2) is 11.9 Å². The van der Waals surface area contributed by atoms with E-state index in [0.717, 1.165) is 5.56 Å². The van der Waals surface area contributed by atoms with Crippen molar-refractivity contribution >= 4 is 11.9 Å². The average molecular weight is 192 g/mol. The molecule has 0 amide bonds. The van der Waals surface area contributed by atoms with Gasteiger partial charge in [-0.2, -0.15) is 0 Å². The van der Waals surface area contributed by atoms with Gasteiger partial charge in [0, 0.05) is 5.56 Å². The zero-order valence-corrected chi connectivity index (χ0v) is 7.57. The zero-order chi connectivity index (χ0) is 10.1. The molecule has 0 N–H and O–H groups in total. The van der Waals surface area contributed by atoms with E-state index < -0.39 is 6.16 Å². The molecule has 0 saturated heterocycles. The molecule has 1 aromatic carbocycles. The van der Waals surface area contributed by atoms with Crippen LogP contribution in [0.4, 0.5) is 4.79 Å². The minimum atomic E-state index is -0.758. The van der Waals surface area contributed by atoms with Crippen molar-refractivity contribution in [1.82, 2.24) is 0 Å². The van der Waals surface area contributed by atoms with E-state index in [1.165, 1.54) is 6.92 Å². The third-order valence-corrected chi connectivity index (χ3v) is 2.01. The fourth-order valence-corrected chi connectivity index (χ4v) is 1.35. The van der Waals surface area contributed by atoms with Gasteiger partial charge in [-0.15, -0.1) is 0 Å². The number of cyclic esters (lactones) is 1. The molecule has 0 aliphatic carbocycles. The van der Waals surface area contributed by atoms with Crippen LogP contribution in [0.2, 0.25) is 0 Å². The van der Waals surface area contributed by atoms with E-state index in [1.807, 2.05) is 0 Å². The Bertz CT molecular complexity index is 409. The van der Waals surface area contributed by atoms with Gasteiger partial charge in [0.2, 0.25) is 0 Å². The molecular weight excluding hydrogens is 184 g/mol. The van der Waals surface area contributed by atoms with Crippen LogP contribution in [0.25, 0.3) is 0 Å². The van der Waals surface area contributed by atoms with Crippen LogP contribution >= 0.6 is 0 Å². The van der Waals surface area contributed by atoms with Gasteiger partial charge < -0.3 is 9.47 Å². The summed E-state index contributed by atoms with van der Waals surface area (Å²) in [6.45, 7) is 1.59. The highest BCUT2D eigenvalue weighted by Gasteiger charge is 2.22. The van der Waals surface area contributed by atoms with Crippen molar-refractivity contribution in [1.29, 1.82) is 0 Å². The van der Waals surface area contributed by atoms with Gasteiger partial charge in [-0.25, -0.2) is 4.79 Å². The van der Waals surface area contributed by atoms with Gasteiger partial charge in [-0.3, -0.25) is 4.79 Å². The zero-order valence-electron chi connectivity index (χ0n) is 7.57. The number of hydrogen-bond acceptors (Lipinski definition) is 4. The Labute approximate surface area is 80.4 Å². The minimum Gasteiger partial charge on any atom is -0.429 e. The first-order chi connectivity index (χ1) is 6.68. The standard InChI is InChI=1S/C10H8O4/c1-6(11)8-4-2-3-7-5-13-10(12)14-9(7)8/h2-4H,5H2,1H3. The van der Waals surface area contributed by atoms with Crippen LogP contribution in [0.15, 0.2) is 18.2 Å². The second-order valence-electron chi connectivity index (χ2n) is 2.99. The number of para-hydroxylation sites is 1. The molecular formula is C10H8O4. The fraction of sp³-hybridized carbons (Fsp3) is 0.200. The quantitative estimate of drug-likeness (QED) is 0.387. The van der Waals surface area contributed by atoms with E-state index in [4.69, 9.17) is 4.74 Å². The van der Waals surface area contributed by atoms with Crippen LogP contribution in [0.1, 0.15) is 22.8 Å². The van der Waals surface area contributed by atoms with E-state index in [-0.39, 0.29) is 12.4 Å². The number of carbonyl (C=O) groups excluding carboxylic acids is 2. The summed E-state index contributed by atoms with van der Waals surface area (Å²) in [7, 11) is 0. The Morgan fingerprint density at radius 1 is 1.43 bits per heavy atom. The Hall–Kier alpha value is -1.84. The van der Waals surface area contributed by atoms with Gasteiger partial charge in [0.25, 0.3) is 0 Å². The van der Waals surface area contributed by atoms with E-state index in [9.17, 15) is 9.59 Å². The van der Waals surface area contributed by atoms with Crippen molar-refractivity contribution in [2.75, 3.05) is 0 Å². The van der Waals surface area contributed by atoms with Crippen molar-refractivity contribution < 1.29 is 19.1 Å². The molecule has 1 aliphatic rings. The summed E-state index contributed by atoms with van der Waals surface area (Å²) in [5.74, 6) is 0.202. The number of fused-ring (bicyclic) bond motifs is 1. The Balaban J connectivity index is 2.54. The highest BCUT2D eigenvalue weighted by molar-refractivity contribution is 5.98. The lowest BCUT2D eigenvalue weighted by molar-refractivity contribution is 0.0775. The molecule has 0 spiro atoms. The van der Waals surface area contributed by atoms with Crippen LogP contribution in [0.3, 0.4) is 0 Å². The Morgan fingerprint density at radius 3 is 2.93 bits per heavy atom. The van der Waals surface area contributed by atoms with E-state index in [0.29, 0.717) is 11.3 Å². The third kappa shape index (κ3) is 1.35. The van der Waals surface area contributed by atoms with Crippen LogP contribution in [0, 0.1) is 0 Å². The molecule has 4 heteroatoms. The van der Waals surface area contributed by atoms with E-state index >= 15 is 0 Å². The average Bonchev–Trinajstić information content (AvgIpc) is 2.16. The molecule has 1 aliphatic heterocycles. The molecule has 72 valence electrons. The first-order valence-corrected chi connectivity index (χ1v) is 4.16. The van der Waals surface area contributed by atoms with Gasteiger partial charge in [0.1, 0.15) is 6.61 Å². The van der Waals surface area contributed by atoms with Gasteiger partial charge >= 0.3 is 6.16 Å². The molecule has 4 nitrogen and oxygen atoms in total. The summed E-state index contributed by atoms with van der Waals surface area (Å²) in [5, 5.41) is 0. The lowest BCUT2D eigenvalue weighted by atomic mass is 10.1. The third-order valence-electron chi connectivity index (χ3n) is 2.01. The molecule has 0 radical (unpaired) electrons. The normalized spacial score (nSPS) is 13.9. The van der Waals surface area contributed by atoms with Crippen LogP contribution in [0.5, 0.6) is 5.75 Å². The predicted octanol–water partition coefficient (Wildman–Crippen LogP) is 1.92. The Kier molecular flexibility index (Phi) is 1.96. The minimum absolute atomic E-state index is 0.128. The highest BCUT2D eigenvalue weighted by atomic mass is 16.7. The van der Waals surface area contributed by atoms with Gasteiger partial charge in [0.15, 0.2) is 11.5 Å². The van der Waals surface area contributed by atoms with Crippen LogP contribution < -0.4 is 4.74 Å². The first kappa shape index (κ1) is 8.74. The van der Waals surface area contributed by atoms with Gasteiger partial charge in [-0.1, -0.05) is 12.1 Å². The van der Waals surface area contributed by atoms with E-state index in [1.54, 1.807) is 18.2 Å². The SMILES string of the molecule is CC(=O)c1cccc2c1OC(=O)OC2. The first-order valence-electron chi connectivity index (χ1n) is 4.16.